The summed E-state index contributed by atoms with van der Waals surface area (Å²) in [5, 5.41) is 2.82. The van der Waals surface area contributed by atoms with Gasteiger partial charge in [-0.3, -0.25) is 4.79 Å². The summed E-state index contributed by atoms with van der Waals surface area (Å²) in [5.41, 5.74) is -0.115. The first-order chi connectivity index (χ1) is 6.79. The van der Waals surface area contributed by atoms with E-state index >= 15 is 0 Å². The summed E-state index contributed by atoms with van der Waals surface area (Å²) in [5.74, 6) is -0.316. The molecule has 1 aromatic rings. The number of amides is 1. The van der Waals surface area contributed by atoms with E-state index in [9.17, 15) is 4.79 Å². The van der Waals surface area contributed by atoms with Gasteiger partial charge >= 0.3 is 0 Å². The fourth-order valence-electron chi connectivity index (χ4n) is 0.901. The van der Waals surface area contributed by atoms with Crippen molar-refractivity contribution in [2.45, 2.75) is 26.3 Å². The molecule has 1 N–H and O–H groups in total. The van der Waals surface area contributed by atoms with Gasteiger partial charge in [0.2, 0.25) is 5.28 Å². The molecular formula is C9H11Cl2N3O. The quantitative estimate of drug-likeness (QED) is 0.612. The minimum atomic E-state index is -0.333. The number of hydrogen-bond acceptors (Lipinski definition) is 3. The van der Waals surface area contributed by atoms with E-state index in [1.807, 2.05) is 20.8 Å². The first-order valence-corrected chi connectivity index (χ1v) is 5.06. The van der Waals surface area contributed by atoms with E-state index in [1.165, 1.54) is 6.20 Å². The number of carbonyl (C=O) groups excluding carboxylic acids is 1. The average molecular weight is 248 g/mol. The number of nitrogens with one attached hydrogen (secondary N) is 1. The van der Waals surface area contributed by atoms with Gasteiger partial charge in [-0.05, 0) is 32.4 Å². The third-order valence-electron chi connectivity index (χ3n) is 1.45. The Bertz CT molecular complexity index is 387. The van der Waals surface area contributed by atoms with Crippen molar-refractivity contribution < 1.29 is 4.79 Å². The van der Waals surface area contributed by atoms with E-state index in [0.29, 0.717) is 0 Å². The molecule has 0 aliphatic rings. The lowest BCUT2D eigenvalue weighted by Crippen LogP contribution is -2.40. The SMILES string of the molecule is CC(C)(C)NC(=O)c1cnc(Cl)nc1Cl. The molecule has 0 bridgehead atoms. The highest BCUT2D eigenvalue weighted by Crippen LogP contribution is 2.15. The second kappa shape index (κ2) is 4.33. The topological polar surface area (TPSA) is 54.9 Å². The lowest BCUT2D eigenvalue weighted by Gasteiger charge is -2.20. The van der Waals surface area contributed by atoms with Crippen LogP contribution in [0.5, 0.6) is 0 Å². The van der Waals surface area contributed by atoms with Gasteiger partial charge in [-0.25, -0.2) is 9.97 Å². The highest BCUT2D eigenvalue weighted by molar-refractivity contribution is 6.34. The maximum Gasteiger partial charge on any atom is 0.256 e. The highest BCUT2D eigenvalue weighted by Gasteiger charge is 2.18. The lowest BCUT2D eigenvalue weighted by atomic mass is 10.1. The molecule has 82 valence electrons. The molecule has 0 unspecified atom stereocenters. The third kappa shape index (κ3) is 3.64. The molecule has 0 saturated carbocycles. The van der Waals surface area contributed by atoms with E-state index in [-0.39, 0.29) is 27.4 Å². The van der Waals surface area contributed by atoms with Crippen molar-refractivity contribution in [3.8, 4) is 0 Å². The molecule has 1 aromatic heterocycles. The second-order valence-corrected chi connectivity index (χ2v) is 4.74. The van der Waals surface area contributed by atoms with Crippen LogP contribution in [0.3, 0.4) is 0 Å². The van der Waals surface area contributed by atoms with Crippen molar-refractivity contribution in [3.63, 3.8) is 0 Å². The number of nitrogens with zero attached hydrogens (tertiary/aromatic N) is 2. The van der Waals surface area contributed by atoms with Crippen LogP contribution in [0.2, 0.25) is 10.4 Å². The maximum atomic E-state index is 11.7. The number of hydrogen-bond donors (Lipinski definition) is 1. The van der Waals surface area contributed by atoms with Crippen LogP contribution in [0.1, 0.15) is 31.1 Å². The molecule has 0 radical (unpaired) electrons. The van der Waals surface area contributed by atoms with Crippen molar-refractivity contribution in [1.29, 1.82) is 0 Å². The minimum absolute atomic E-state index is 0.0207. The molecule has 0 aliphatic heterocycles. The van der Waals surface area contributed by atoms with E-state index in [4.69, 9.17) is 23.2 Å². The van der Waals surface area contributed by atoms with Gasteiger partial charge < -0.3 is 5.32 Å². The Morgan fingerprint density at radius 2 is 2.00 bits per heavy atom. The molecule has 15 heavy (non-hydrogen) atoms. The van der Waals surface area contributed by atoms with Gasteiger partial charge in [0.1, 0.15) is 5.15 Å². The summed E-state index contributed by atoms with van der Waals surface area (Å²) in [6.45, 7) is 5.61. The van der Waals surface area contributed by atoms with Crippen LogP contribution < -0.4 is 5.32 Å². The minimum Gasteiger partial charge on any atom is -0.347 e. The molecule has 0 fully saturated rings. The fourth-order valence-corrected chi connectivity index (χ4v) is 1.29. The summed E-state index contributed by atoms with van der Waals surface area (Å²) in [6.07, 6.45) is 1.30. The van der Waals surface area contributed by atoms with Crippen molar-refractivity contribution >= 4 is 29.1 Å². The predicted octanol–water partition coefficient (Wildman–Crippen LogP) is 2.31. The summed E-state index contributed by atoms with van der Waals surface area (Å²) >= 11 is 11.3. The van der Waals surface area contributed by atoms with Gasteiger partial charge in [0.15, 0.2) is 0 Å². The average Bonchev–Trinajstić information content (AvgIpc) is 1.99. The third-order valence-corrected chi connectivity index (χ3v) is 1.92. The van der Waals surface area contributed by atoms with E-state index in [0.717, 1.165) is 0 Å². The molecule has 0 aromatic carbocycles. The standard InChI is InChI=1S/C9H11Cl2N3O/c1-9(2,3)14-7(15)5-4-12-8(11)13-6(5)10/h4H,1-3H3,(H,14,15). The number of halogens is 2. The molecule has 0 saturated heterocycles. The van der Waals surface area contributed by atoms with E-state index in [2.05, 4.69) is 15.3 Å². The van der Waals surface area contributed by atoms with Crippen molar-refractivity contribution in [3.05, 3.63) is 22.2 Å². The molecule has 4 nitrogen and oxygen atoms in total. The molecule has 1 heterocycles. The summed E-state index contributed by atoms with van der Waals surface area (Å²) in [6, 6.07) is 0. The predicted molar refractivity (Wildman–Crippen MR) is 59.3 cm³/mol. The Morgan fingerprint density at radius 1 is 1.40 bits per heavy atom. The molecular weight excluding hydrogens is 237 g/mol. The number of rotatable bonds is 1. The van der Waals surface area contributed by atoms with Gasteiger partial charge in [0.25, 0.3) is 5.91 Å². The van der Waals surface area contributed by atoms with Crippen LogP contribution in [-0.2, 0) is 0 Å². The Labute approximate surface area is 98.0 Å². The second-order valence-electron chi connectivity index (χ2n) is 4.05. The van der Waals surface area contributed by atoms with Crippen LogP contribution >= 0.6 is 23.2 Å². The first-order valence-electron chi connectivity index (χ1n) is 4.30. The molecule has 0 spiro atoms. The lowest BCUT2D eigenvalue weighted by molar-refractivity contribution is 0.0919. The largest absolute Gasteiger partial charge is 0.347 e. The van der Waals surface area contributed by atoms with Crippen LogP contribution in [0.15, 0.2) is 6.20 Å². The van der Waals surface area contributed by atoms with Gasteiger partial charge in [0, 0.05) is 11.7 Å². The molecule has 0 atom stereocenters. The normalized spacial score (nSPS) is 11.3. The molecule has 1 rings (SSSR count). The maximum absolute atomic E-state index is 11.7. The first kappa shape index (κ1) is 12.2. The van der Waals surface area contributed by atoms with Crippen LogP contribution in [0.4, 0.5) is 0 Å². The number of carbonyl (C=O) groups is 1. The van der Waals surface area contributed by atoms with E-state index < -0.39 is 0 Å². The molecule has 6 heteroatoms. The van der Waals surface area contributed by atoms with Gasteiger partial charge in [-0.15, -0.1) is 0 Å². The van der Waals surface area contributed by atoms with Crippen molar-refractivity contribution in [2.75, 3.05) is 0 Å². The zero-order chi connectivity index (χ0) is 11.6. The van der Waals surface area contributed by atoms with Gasteiger partial charge in [-0.1, -0.05) is 11.6 Å². The smallest absolute Gasteiger partial charge is 0.256 e. The monoisotopic (exact) mass is 247 g/mol. The van der Waals surface area contributed by atoms with Crippen molar-refractivity contribution in [2.24, 2.45) is 0 Å². The Balaban J connectivity index is 2.92. The Kier molecular flexibility index (Phi) is 3.52. The van der Waals surface area contributed by atoms with Crippen LogP contribution in [0, 0.1) is 0 Å². The highest BCUT2D eigenvalue weighted by atomic mass is 35.5. The summed E-state index contributed by atoms with van der Waals surface area (Å²) < 4.78 is 0. The zero-order valence-corrected chi connectivity index (χ0v) is 10.1. The fraction of sp³-hybridized carbons (Fsp3) is 0.444. The Hall–Kier alpha value is -0.870. The van der Waals surface area contributed by atoms with Crippen LogP contribution in [0.25, 0.3) is 0 Å². The van der Waals surface area contributed by atoms with Gasteiger partial charge in [0.05, 0.1) is 5.56 Å². The molecule has 0 aliphatic carbocycles. The summed E-state index contributed by atoms with van der Waals surface area (Å²) in [4.78, 5) is 19.1. The van der Waals surface area contributed by atoms with Crippen molar-refractivity contribution in [1.82, 2.24) is 15.3 Å². The zero-order valence-electron chi connectivity index (χ0n) is 8.64. The number of aromatic nitrogens is 2. The van der Waals surface area contributed by atoms with Gasteiger partial charge in [-0.2, -0.15) is 0 Å². The Morgan fingerprint density at radius 3 is 2.47 bits per heavy atom. The molecule has 1 amide bonds. The summed E-state index contributed by atoms with van der Waals surface area (Å²) in [7, 11) is 0. The van der Waals surface area contributed by atoms with E-state index in [1.54, 1.807) is 0 Å². The van der Waals surface area contributed by atoms with Crippen LogP contribution in [-0.4, -0.2) is 21.4 Å².